The Morgan fingerprint density at radius 2 is 1.95 bits per heavy atom. The Morgan fingerprint density at radius 3 is 2.62 bits per heavy atom. The number of sulfone groups is 1. The second-order valence-electron chi connectivity index (χ2n) is 4.77. The van der Waals surface area contributed by atoms with E-state index < -0.39 is 15.7 Å². The van der Waals surface area contributed by atoms with E-state index in [4.69, 9.17) is 5.73 Å². The minimum Gasteiger partial charge on any atom is -0.396 e. The molecule has 0 radical (unpaired) electrons. The number of anilines is 1. The van der Waals surface area contributed by atoms with Crippen molar-refractivity contribution in [2.24, 2.45) is 0 Å². The number of fused-ring (bicyclic) bond motifs is 1. The molecule has 2 aromatic carbocycles. The topological polar surface area (TPSA) is 88.8 Å². The summed E-state index contributed by atoms with van der Waals surface area (Å²) in [6.45, 7) is 0. The molecule has 3 N–H and O–H groups in total. The van der Waals surface area contributed by atoms with E-state index in [-0.39, 0.29) is 10.6 Å². The van der Waals surface area contributed by atoms with Gasteiger partial charge in [-0.25, -0.2) is 17.8 Å². The highest BCUT2D eigenvalue weighted by molar-refractivity contribution is 7.90. The molecule has 0 bridgehead atoms. The third-order valence-corrected chi connectivity index (χ3v) is 4.27. The number of benzene rings is 2. The largest absolute Gasteiger partial charge is 0.396 e. The summed E-state index contributed by atoms with van der Waals surface area (Å²) in [7, 11) is -3.29. The van der Waals surface area contributed by atoms with Crippen LogP contribution in [0.15, 0.2) is 41.3 Å². The molecule has 1 heterocycles. The number of H-pyrrole nitrogens is 1. The van der Waals surface area contributed by atoms with Crippen LogP contribution in [0.5, 0.6) is 0 Å². The van der Waals surface area contributed by atoms with Gasteiger partial charge in [0.2, 0.25) is 0 Å². The molecule has 0 amide bonds. The first-order valence-corrected chi connectivity index (χ1v) is 7.99. The van der Waals surface area contributed by atoms with Crippen LogP contribution < -0.4 is 5.73 Å². The van der Waals surface area contributed by atoms with Crippen LogP contribution in [0.1, 0.15) is 0 Å². The van der Waals surface area contributed by atoms with Gasteiger partial charge in [0.05, 0.1) is 21.6 Å². The first-order chi connectivity index (χ1) is 9.84. The number of halogens is 1. The van der Waals surface area contributed by atoms with Crippen LogP contribution in [0.25, 0.3) is 22.4 Å². The highest BCUT2D eigenvalue weighted by atomic mass is 32.2. The lowest BCUT2D eigenvalue weighted by Crippen LogP contribution is -1.96. The molecule has 5 nitrogen and oxygen atoms in total. The zero-order valence-electron chi connectivity index (χ0n) is 11.1. The number of nitrogen functional groups attached to an aromatic ring is 1. The third-order valence-electron chi connectivity index (χ3n) is 3.16. The Balaban J connectivity index is 2.14. The molecular weight excluding hydrogens is 293 g/mol. The van der Waals surface area contributed by atoms with Crippen molar-refractivity contribution in [2.45, 2.75) is 4.90 Å². The molecule has 0 aliphatic heterocycles. The number of nitrogens with zero attached hydrogens (tertiary/aromatic N) is 1. The van der Waals surface area contributed by atoms with Gasteiger partial charge in [-0.15, -0.1) is 0 Å². The van der Waals surface area contributed by atoms with Gasteiger partial charge in [0.25, 0.3) is 0 Å². The maximum atomic E-state index is 13.5. The predicted molar refractivity (Wildman–Crippen MR) is 79.0 cm³/mol. The average Bonchev–Trinajstić information content (AvgIpc) is 2.83. The van der Waals surface area contributed by atoms with Crippen molar-refractivity contribution in [3.8, 4) is 11.4 Å². The highest BCUT2D eigenvalue weighted by Crippen LogP contribution is 2.24. The number of rotatable bonds is 2. The molecule has 7 heteroatoms. The first-order valence-electron chi connectivity index (χ1n) is 6.10. The van der Waals surface area contributed by atoms with Crippen molar-refractivity contribution < 1.29 is 12.8 Å². The van der Waals surface area contributed by atoms with Gasteiger partial charge in [-0.05, 0) is 36.4 Å². The zero-order valence-corrected chi connectivity index (χ0v) is 11.9. The third kappa shape index (κ3) is 2.47. The van der Waals surface area contributed by atoms with Crippen LogP contribution in [0.3, 0.4) is 0 Å². The molecule has 0 aliphatic carbocycles. The number of aromatic nitrogens is 2. The fourth-order valence-corrected chi connectivity index (χ4v) is 2.68. The minimum absolute atomic E-state index is 0.0641. The Kier molecular flexibility index (Phi) is 2.94. The van der Waals surface area contributed by atoms with Crippen molar-refractivity contribution in [1.82, 2.24) is 9.97 Å². The summed E-state index contributed by atoms with van der Waals surface area (Å²) in [6, 6.07) is 9.00. The number of hydrogen-bond acceptors (Lipinski definition) is 4. The number of aromatic amines is 1. The summed E-state index contributed by atoms with van der Waals surface area (Å²) < 4.78 is 36.6. The summed E-state index contributed by atoms with van der Waals surface area (Å²) in [6.07, 6.45) is 1.14. The van der Waals surface area contributed by atoms with E-state index in [0.717, 1.165) is 6.26 Å². The molecule has 108 valence electrons. The molecule has 3 rings (SSSR count). The van der Waals surface area contributed by atoms with Gasteiger partial charge >= 0.3 is 0 Å². The Bertz CT molecular complexity index is 948. The summed E-state index contributed by atoms with van der Waals surface area (Å²) in [5.74, 6) is -0.0701. The monoisotopic (exact) mass is 305 g/mol. The van der Waals surface area contributed by atoms with Gasteiger partial charge in [0.15, 0.2) is 9.84 Å². The number of imidazole rings is 1. The Hall–Kier alpha value is -2.41. The van der Waals surface area contributed by atoms with E-state index in [9.17, 15) is 12.8 Å². The fourth-order valence-electron chi connectivity index (χ4n) is 2.03. The lowest BCUT2D eigenvalue weighted by atomic mass is 10.2. The standard InChI is InChI=1S/C14H12FN3O2S/c1-21(19,20)9-3-5-12-13(7-9)18-14(17-12)8-2-4-11(16)10(15)6-8/h2-7H,16H2,1H3,(H,17,18). The Labute approximate surface area is 120 Å². The molecule has 0 aliphatic rings. The maximum absolute atomic E-state index is 13.5. The zero-order chi connectivity index (χ0) is 15.2. The van der Waals surface area contributed by atoms with Crippen molar-refractivity contribution in [3.63, 3.8) is 0 Å². The van der Waals surface area contributed by atoms with Crippen LogP contribution >= 0.6 is 0 Å². The molecule has 3 aromatic rings. The highest BCUT2D eigenvalue weighted by Gasteiger charge is 2.11. The van der Waals surface area contributed by atoms with Crippen molar-refractivity contribution in [2.75, 3.05) is 12.0 Å². The van der Waals surface area contributed by atoms with Gasteiger partial charge in [0.1, 0.15) is 11.6 Å². The predicted octanol–water partition coefficient (Wildman–Crippen LogP) is 2.35. The minimum atomic E-state index is -3.29. The summed E-state index contributed by atoms with van der Waals surface area (Å²) >= 11 is 0. The summed E-state index contributed by atoms with van der Waals surface area (Å²) in [5, 5.41) is 0. The first kappa shape index (κ1) is 13.6. The van der Waals surface area contributed by atoms with E-state index in [1.807, 2.05) is 0 Å². The molecule has 0 unspecified atom stereocenters. The van der Waals surface area contributed by atoms with Crippen molar-refractivity contribution >= 4 is 26.6 Å². The molecule has 0 spiro atoms. The van der Waals surface area contributed by atoms with Crippen LogP contribution in [0.2, 0.25) is 0 Å². The van der Waals surface area contributed by atoms with Crippen LogP contribution in [-0.4, -0.2) is 24.6 Å². The number of hydrogen-bond donors (Lipinski definition) is 2. The molecule has 0 fully saturated rings. The molecule has 0 atom stereocenters. The molecule has 1 aromatic heterocycles. The van der Waals surface area contributed by atoms with Crippen LogP contribution in [-0.2, 0) is 9.84 Å². The quantitative estimate of drug-likeness (QED) is 0.711. The number of nitrogens with one attached hydrogen (secondary N) is 1. The second-order valence-corrected chi connectivity index (χ2v) is 6.79. The molecular formula is C14H12FN3O2S. The summed E-state index contributed by atoms with van der Waals surface area (Å²) in [5.41, 5.74) is 7.22. The van der Waals surface area contributed by atoms with E-state index in [1.165, 1.54) is 24.3 Å². The van der Waals surface area contributed by atoms with Gasteiger partial charge in [-0.1, -0.05) is 0 Å². The lowest BCUT2D eigenvalue weighted by molar-refractivity contribution is 0.602. The SMILES string of the molecule is CS(=O)(=O)c1ccc2nc(-c3ccc(N)c(F)c3)[nH]c2c1. The van der Waals surface area contributed by atoms with Gasteiger partial charge in [-0.3, -0.25) is 0 Å². The van der Waals surface area contributed by atoms with Crippen LogP contribution in [0.4, 0.5) is 10.1 Å². The van der Waals surface area contributed by atoms with Gasteiger partial charge < -0.3 is 10.7 Å². The van der Waals surface area contributed by atoms with Crippen molar-refractivity contribution in [1.29, 1.82) is 0 Å². The Morgan fingerprint density at radius 1 is 1.19 bits per heavy atom. The van der Waals surface area contributed by atoms with Crippen LogP contribution in [0, 0.1) is 5.82 Å². The molecule has 0 saturated carbocycles. The fraction of sp³-hybridized carbons (Fsp3) is 0.0714. The molecule has 0 saturated heterocycles. The second kappa shape index (κ2) is 4.56. The van der Waals surface area contributed by atoms with Gasteiger partial charge in [0, 0.05) is 11.8 Å². The van der Waals surface area contributed by atoms with E-state index in [0.29, 0.717) is 22.4 Å². The summed E-state index contributed by atoms with van der Waals surface area (Å²) in [4.78, 5) is 7.51. The van der Waals surface area contributed by atoms with Crippen molar-refractivity contribution in [3.05, 3.63) is 42.2 Å². The lowest BCUT2D eigenvalue weighted by Gasteiger charge is -1.99. The van der Waals surface area contributed by atoms with E-state index in [1.54, 1.807) is 12.1 Å². The van der Waals surface area contributed by atoms with E-state index >= 15 is 0 Å². The van der Waals surface area contributed by atoms with E-state index in [2.05, 4.69) is 9.97 Å². The van der Waals surface area contributed by atoms with Gasteiger partial charge in [-0.2, -0.15) is 0 Å². The number of nitrogens with two attached hydrogens (primary N) is 1. The normalized spacial score (nSPS) is 11.9. The maximum Gasteiger partial charge on any atom is 0.175 e. The smallest absolute Gasteiger partial charge is 0.175 e. The average molecular weight is 305 g/mol. The molecule has 21 heavy (non-hydrogen) atoms.